The molecular formula is C27H22Cl2IN7O3. The minimum atomic E-state index is -0.641. The van der Waals surface area contributed by atoms with Gasteiger partial charge in [-0.3, -0.25) is 13.2 Å². The zero-order valence-corrected chi connectivity index (χ0v) is 24.7. The summed E-state index contributed by atoms with van der Waals surface area (Å²) in [5.41, 5.74) is 5.32. The molecule has 0 saturated heterocycles. The van der Waals surface area contributed by atoms with E-state index in [-0.39, 0.29) is 18.2 Å². The Labute approximate surface area is 249 Å². The fourth-order valence-corrected chi connectivity index (χ4v) is 6.62. The van der Waals surface area contributed by atoms with Crippen LogP contribution in [-0.2, 0) is 11.2 Å². The van der Waals surface area contributed by atoms with Gasteiger partial charge in [0, 0.05) is 33.6 Å². The Morgan fingerprint density at radius 3 is 2.73 bits per heavy atom. The van der Waals surface area contributed by atoms with Gasteiger partial charge in [0.2, 0.25) is 0 Å². The van der Waals surface area contributed by atoms with E-state index in [9.17, 15) is 9.59 Å². The minimum Gasteiger partial charge on any atom is -0.450 e. The first kappa shape index (κ1) is 26.7. The molecule has 0 spiro atoms. The van der Waals surface area contributed by atoms with Crippen molar-refractivity contribution in [1.82, 2.24) is 14.5 Å². The molecule has 2 aromatic heterocycles. The standard InChI is InChI=1S/C27H22Cl2IN7O3/c1-2-40-27(39)32-18-6-3-15(4-7-18)24-25(29)34-26(33-24)22-10-8-19-11-16(12-23(38)37(19)22)20-13-17(28)5-9-21(20)36-14-31-35-30-36/h3-7,9,11-14,22H,2,8,10H2,1H3,(H,32,39)(H,33,34). The third kappa shape index (κ3) is 5.16. The summed E-state index contributed by atoms with van der Waals surface area (Å²) in [6.07, 6.45) is 2.60. The van der Waals surface area contributed by atoms with Crippen LogP contribution in [0.2, 0.25) is 10.2 Å². The summed E-state index contributed by atoms with van der Waals surface area (Å²) in [6, 6.07) is 16.2. The summed E-state index contributed by atoms with van der Waals surface area (Å²) in [5.74, 6) is 0.616. The number of benzene rings is 2. The van der Waals surface area contributed by atoms with E-state index in [1.54, 1.807) is 36.0 Å². The predicted molar refractivity (Wildman–Crippen MR) is 165 cm³/mol. The predicted octanol–water partition coefficient (Wildman–Crippen LogP) is 7.15. The number of anilines is 2. The van der Waals surface area contributed by atoms with E-state index in [2.05, 4.69) is 18.7 Å². The van der Waals surface area contributed by atoms with E-state index in [0.29, 0.717) is 40.2 Å². The Morgan fingerprint density at radius 1 is 1.15 bits per heavy atom. The number of hydrogen-bond acceptors (Lipinski definition) is 7. The highest BCUT2D eigenvalue weighted by Gasteiger charge is 2.29. The molecule has 2 aromatic carbocycles. The molecular weight excluding hydrogens is 668 g/mol. The van der Waals surface area contributed by atoms with Gasteiger partial charge in [-0.1, -0.05) is 35.3 Å². The van der Waals surface area contributed by atoms with Gasteiger partial charge >= 0.3 is 6.09 Å². The zero-order chi connectivity index (χ0) is 27.8. The molecule has 204 valence electrons. The highest BCUT2D eigenvalue weighted by Crippen LogP contribution is 2.39. The molecule has 0 bridgehead atoms. The average molecular weight is 690 g/mol. The smallest absolute Gasteiger partial charge is 0.411 e. The van der Waals surface area contributed by atoms with Crippen molar-refractivity contribution in [2.45, 2.75) is 25.8 Å². The maximum atomic E-state index is 13.5. The Kier molecular flexibility index (Phi) is 7.43. The number of nitrogens with one attached hydrogen (secondary N) is 2. The van der Waals surface area contributed by atoms with Crippen molar-refractivity contribution in [1.29, 1.82) is 0 Å². The van der Waals surface area contributed by atoms with Crippen LogP contribution in [0.15, 0.2) is 67.7 Å². The summed E-state index contributed by atoms with van der Waals surface area (Å²) >= 11 is 12.3. The zero-order valence-electron chi connectivity index (χ0n) is 21.1. The van der Waals surface area contributed by atoms with Gasteiger partial charge in [0.1, 0.15) is 23.0 Å². The second-order valence-electron chi connectivity index (χ2n) is 9.06. The van der Waals surface area contributed by atoms with E-state index in [0.717, 1.165) is 28.1 Å². The van der Waals surface area contributed by atoms with Gasteiger partial charge in [-0.05, 0) is 61.7 Å². The lowest BCUT2D eigenvalue weighted by molar-refractivity contribution is 0.168. The number of aromatic nitrogens is 3. The average Bonchev–Trinajstić information content (AvgIpc) is 3.69. The summed E-state index contributed by atoms with van der Waals surface area (Å²) in [5, 5.41) is 7.63. The van der Waals surface area contributed by atoms with Crippen LogP contribution in [0.3, 0.4) is 0 Å². The van der Waals surface area contributed by atoms with Crippen LogP contribution < -0.4 is 14.0 Å². The Balaban J connectivity index is 1.30. The molecule has 0 aliphatic carbocycles. The molecule has 2 N–H and O–H groups in total. The molecule has 1 unspecified atom stereocenters. The van der Waals surface area contributed by atoms with E-state index in [1.165, 1.54) is 0 Å². The molecule has 0 saturated carbocycles. The first-order valence-corrected chi connectivity index (χ1v) is 15.1. The molecule has 4 heterocycles. The number of carbonyl (C=O) groups excluding carboxylic acids is 1. The Bertz CT molecular complexity index is 1720. The molecule has 10 nitrogen and oxygen atoms in total. The van der Waals surface area contributed by atoms with Gasteiger partial charge in [-0.2, -0.15) is 0 Å². The Hall–Kier alpha value is -3.55. The van der Waals surface area contributed by atoms with Crippen LogP contribution in [0.4, 0.5) is 16.2 Å². The first-order chi connectivity index (χ1) is 19.4. The number of aryl methyl sites for hydroxylation is 1. The van der Waals surface area contributed by atoms with Gasteiger partial charge in [-0.25, -0.2) is 9.78 Å². The van der Waals surface area contributed by atoms with Gasteiger partial charge in [0.25, 0.3) is 5.56 Å². The van der Waals surface area contributed by atoms with E-state index in [1.807, 2.05) is 39.5 Å². The molecule has 4 aromatic rings. The maximum Gasteiger partial charge on any atom is 0.411 e. The quantitative estimate of drug-likeness (QED) is 0.165. The lowest BCUT2D eigenvalue weighted by atomic mass is 10.0. The molecule has 2 aliphatic heterocycles. The third-order valence-corrected chi connectivity index (χ3v) is 8.80. The van der Waals surface area contributed by atoms with Gasteiger partial charge in [0.05, 0.1) is 18.3 Å². The number of imidazole rings is 1. The van der Waals surface area contributed by atoms with Crippen molar-refractivity contribution in [3.8, 4) is 22.4 Å². The second kappa shape index (κ2) is 11.1. The van der Waals surface area contributed by atoms with Crippen LogP contribution >= 0.6 is 44.5 Å². The van der Waals surface area contributed by atoms with Crippen molar-refractivity contribution in [3.63, 3.8) is 0 Å². The number of hydrogen-bond donors (Lipinski definition) is 2. The number of pyridine rings is 1. The van der Waals surface area contributed by atoms with Crippen molar-refractivity contribution in [2.75, 3.05) is 15.0 Å². The van der Waals surface area contributed by atoms with Gasteiger partial charge in [-0.15, -0.1) is 8.36 Å². The Morgan fingerprint density at radius 2 is 1.98 bits per heavy atom. The monoisotopic (exact) mass is 689 g/mol. The highest BCUT2D eigenvalue weighted by atomic mass is 127. The SMILES string of the molecule is CCOC(=O)Nc1ccc(-c2nc(C3CCc4cc(-c5cc(Cl)ccc5N5C=NN=I5)cc(=O)n43)[nH]c2Cl)cc1. The molecule has 1 atom stereocenters. The number of halogens is 3. The fraction of sp³-hybridized carbons (Fsp3) is 0.185. The number of H-pyrrole nitrogens is 1. The van der Waals surface area contributed by atoms with Crippen molar-refractivity contribution < 1.29 is 9.53 Å². The van der Waals surface area contributed by atoms with Crippen molar-refractivity contribution in [2.24, 2.45) is 8.36 Å². The maximum absolute atomic E-state index is 13.5. The third-order valence-electron chi connectivity index (χ3n) is 6.62. The van der Waals surface area contributed by atoms with Crippen molar-refractivity contribution in [3.05, 3.63) is 86.6 Å². The van der Waals surface area contributed by atoms with Crippen molar-refractivity contribution >= 4 is 68.3 Å². The number of nitrogens with zero attached hydrogens (tertiary/aromatic N) is 5. The number of amides is 1. The summed E-state index contributed by atoms with van der Waals surface area (Å²) in [7, 11) is 0. The van der Waals surface area contributed by atoms with Crippen LogP contribution in [-0.4, -0.2) is 33.6 Å². The fourth-order valence-electron chi connectivity index (χ4n) is 4.89. The summed E-state index contributed by atoms with van der Waals surface area (Å²) in [4.78, 5) is 33.1. The van der Waals surface area contributed by atoms with Gasteiger partial charge in [0.15, 0.2) is 21.3 Å². The molecule has 40 heavy (non-hydrogen) atoms. The molecule has 1 amide bonds. The van der Waals surface area contributed by atoms with E-state index in [4.69, 9.17) is 32.9 Å². The van der Waals surface area contributed by atoms with Crippen LogP contribution in [0.5, 0.6) is 0 Å². The lowest BCUT2D eigenvalue weighted by Gasteiger charge is -2.17. The second-order valence-corrected chi connectivity index (χ2v) is 11.8. The minimum absolute atomic E-state index is 0.126. The van der Waals surface area contributed by atoms with Gasteiger partial charge < -0.3 is 14.3 Å². The first-order valence-electron chi connectivity index (χ1n) is 12.4. The number of aromatic amines is 1. The number of rotatable bonds is 6. The number of ether oxygens (including phenoxy) is 1. The molecule has 6 rings (SSSR count). The van der Waals surface area contributed by atoms with E-state index >= 15 is 0 Å². The van der Waals surface area contributed by atoms with Crippen LogP contribution in [0.1, 0.15) is 30.9 Å². The largest absolute Gasteiger partial charge is 0.450 e. The molecule has 0 radical (unpaired) electrons. The molecule has 13 heteroatoms. The number of fused-ring (bicyclic) bond motifs is 1. The molecule has 0 fully saturated rings. The normalized spacial score (nSPS) is 15.7. The molecule has 2 aliphatic rings. The van der Waals surface area contributed by atoms with Crippen LogP contribution in [0.25, 0.3) is 22.4 Å². The lowest BCUT2D eigenvalue weighted by Crippen LogP contribution is -2.24. The van der Waals surface area contributed by atoms with Crippen LogP contribution in [0, 0.1) is 0 Å². The summed E-state index contributed by atoms with van der Waals surface area (Å²) in [6.45, 7) is 2.03. The summed E-state index contributed by atoms with van der Waals surface area (Å²) < 4.78 is 12.8. The van der Waals surface area contributed by atoms with E-state index < -0.39 is 27.4 Å². The topological polar surface area (TPSA) is 117 Å². The number of carbonyl (C=O) groups is 1. The highest BCUT2D eigenvalue weighted by molar-refractivity contribution is 14.2.